The number of carboxylic acids is 1. The summed E-state index contributed by atoms with van der Waals surface area (Å²) in [5.74, 6) is -0.506. The van der Waals surface area contributed by atoms with Crippen LogP contribution in [0.2, 0.25) is 0 Å². The van der Waals surface area contributed by atoms with Crippen molar-refractivity contribution in [3.05, 3.63) is 51.2 Å². The standard InChI is InChI=1S/C16H17NO4S/c1-10-11(2)22-9-14(10)15(18)17-7-8-21-13-5-3-12(4-6-13)16(19)20/h3-6,9H,7-8H2,1-2H3,(H,17,18)(H,19,20). The molecule has 22 heavy (non-hydrogen) atoms. The van der Waals surface area contributed by atoms with Gasteiger partial charge in [0.05, 0.1) is 17.7 Å². The SMILES string of the molecule is Cc1scc(C(=O)NCCOc2ccc(C(=O)O)cc2)c1C. The van der Waals surface area contributed by atoms with Gasteiger partial charge in [0.2, 0.25) is 0 Å². The molecule has 0 fully saturated rings. The van der Waals surface area contributed by atoms with Crippen molar-refractivity contribution < 1.29 is 19.4 Å². The molecule has 116 valence electrons. The van der Waals surface area contributed by atoms with E-state index in [0.717, 1.165) is 10.4 Å². The highest BCUT2D eigenvalue weighted by molar-refractivity contribution is 7.10. The minimum absolute atomic E-state index is 0.105. The largest absolute Gasteiger partial charge is 0.492 e. The normalized spacial score (nSPS) is 10.3. The zero-order chi connectivity index (χ0) is 16.1. The Kier molecular flexibility index (Phi) is 5.16. The number of hydrogen-bond acceptors (Lipinski definition) is 4. The van der Waals surface area contributed by atoms with Gasteiger partial charge in [0.15, 0.2) is 0 Å². The van der Waals surface area contributed by atoms with Gasteiger partial charge in [-0.2, -0.15) is 0 Å². The van der Waals surface area contributed by atoms with E-state index >= 15 is 0 Å². The van der Waals surface area contributed by atoms with E-state index in [1.807, 2.05) is 19.2 Å². The number of aryl methyl sites for hydroxylation is 1. The first-order valence-corrected chi connectivity index (χ1v) is 7.66. The van der Waals surface area contributed by atoms with Gasteiger partial charge < -0.3 is 15.2 Å². The topological polar surface area (TPSA) is 75.6 Å². The molecule has 0 radical (unpaired) electrons. The number of thiophene rings is 1. The smallest absolute Gasteiger partial charge is 0.335 e. The number of benzene rings is 1. The Hall–Kier alpha value is -2.34. The Bertz CT molecular complexity index is 676. The second-order valence-corrected chi connectivity index (χ2v) is 5.85. The maximum absolute atomic E-state index is 12.0. The maximum Gasteiger partial charge on any atom is 0.335 e. The van der Waals surface area contributed by atoms with E-state index in [-0.39, 0.29) is 11.5 Å². The van der Waals surface area contributed by atoms with Gasteiger partial charge in [0, 0.05) is 10.3 Å². The molecule has 0 atom stereocenters. The minimum Gasteiger partial charge on any atom is -0.492 e. The van der Waals surface area contributed by atoms with Crippen molar-refractivity contribution in [2.24, 2.45) is 0 Å². The van der Waals surface area contributed by atoms with E-state index in [0.29, 0.717) is 24.5 Å². The molecule has 0 spiro atoms. The van der Waals surface area contributed by atoms with Gasteiger partial charge in [-0.3, -0.25) is 4.79 Å². The van der Waals surface area contributed by atoms with Crippen LogP contribution in [0.4, 0.5) is 0 Å². The summed E-state index contributed by atoms with van der Waals surface area (Å²) in [4.78, 5) is 23.8. The Morgan fingerprint density at radius 1 is 1.23 bits per heavy atom. The number of hydrogen-bond donors (Lipinski definition) is 2. The van der Waals surface area contributed by atoms with Crippen LogP contribution in [0.15, 0.2) is 29.6 Å². The van der Waals surface area contributed by atoms with Crippen LogP contribution in [0, 0.1) is 13.8 Å². The molecule has 2 rings (SSSR count). The number of aromatic carboxylic acids is 1. The van der Waals surface area contributed by atoms with Crippen LogP contribution in [-0.4, -0.2) is 30.1 Å². The van der Waals surface area contributed by atoms with Crippen LogP contribution >= 0.6 is 11.3 Å². The maximum atomic E-state index is 12.0. The minimum atomic E-state index is -0.972. The van der Waals surface area contributed by atoms with Crippen LogP contribution in [0.3, 0.4) is 0 Å². The lowest BCUT2D eigenvalue weighted by Gasteiger charge is -2.08. The Morgan fingerprint density at radius 3 is 2.45 bits per heavy atom. The molecule has 1 aromatic heterocycles. The third-order valence-electron chi connectivity index (χ3n) is 3.29. The zero-order valence-electron chi connectivity index (χ0n) is 12.4. The lowest BCUT2D eigenvalue weighted by atomic mass is 10.2. The van der Waals surface area contributed by atoms with E-state index < -0.39 is 5.97 Å². The highest BCUT2D eigenvalue weighted by atomic mass is 32.1. The number of carbonyl (C=O) groups excluding carboxylic acids is 1. The van der Waals surface area contributed by atoms with Crippen LogP contribution in [0.25, 0.3) is 0 Å². The fourth-order valence-corrected chi connectivity index (χ4v) is 2.73. The number of carbonyl (C=O) groups is 2. The Morgan fingerprint density at radius 2 is 1.91 bits per heavy atom. The fourth-order valence-electron chi connectivity index (χ4n) is 1.86. The monoisotopic (exact) mass is 319 g/mol. The van der Waals surface area contributed by atoms with Crippen molar-refractivity contribution in [3.8, 4) is 5.75 Å². The highest BCUT2D eigenvalue weighted by Crippen LogP contribution is 2.20. The third kappa shape index (κ3) is 3.85. The average Bonchev–Trinajstić information content (AvgIpc) is 2.84. The first kappa shape index (κ1) is 16.0. The molecule has 1 aromatic carbocycles. The van der Waals surface area contributed by atoms with Gasteiger partial charge in [-0.1, -0.05) is 0 Å². The van der Waals surface area contributed by atoms with E-state index in [2.05, 4.69) is 5.32 Å². The van der Waals surface area contributed by atoms with Crippen LogP contribution < -0.4 is 10.1 Å². The lowest BCUT2D eigenvalue weighted by Crippen LogP contribution is -2.28. The molecule has 5 nitrogen and oxygen atoms in total. The van der Waals surface area contributed by atoms with E-state index in [1.54, 1.807) is 23.5 Å². The number of nitrogens with one attached hydrogen (secondary N) is 1. The molecule has 2 N–H and O–H groups in total. The third-order valence-corrected chi connectivity index (χ3v) is 4.30. The number of rotatable bonds is 6. The summed E-state index contributed by atoms with van der Waals surface area (Å²) < 4.78 is 5.46. The molecule has 0 aliphatic rings. The second kappa shape index (κ2) is 7.09. The Balaban J connectivity index is 1.78. The second-order valence-electron chi connectivity index (χ2n) is 4.76. The molecular formula is C16H17NO4S. The summed E-state index contributed by atoms with van der Waals surface area (Å²) in [5, 5.41) is 13.5. The molecule has 2 aromatic rings. The quantitative estimate of drug-likeness (QED) is 0.803. The van der Waals surface area contributed by atoms with Crippen molar-refractivity contribution in [2.75, 3.05) is 13.2 Å². The summed E-state index contributed by atoms with van der Waals surface area (Å²) in [6.07, 6.45) is 0. The van der Waals surface area contributed by atoms with Crippen molar-refractivity contribution in [1.82, 2.24) is 5.32 Å². The Labute approximate surface area is 132 Å². The molecular weight excluding hydrogens is 302 g/mol. The summed E-state index contributed by atoms with van der Waals surface area (Å²) in [5.41, 5.74) is 1.92. The van der Waals surface area contributed by atoms with Gasteiger partial charge in [0.1, 0.15) is 12.4 Å². The summed E-state index contributed by atoms with van der Waals surface area (Å²) in [6, 6.07) is 6.15. The van der Waals surface area contributed by atoms with E-state index in [9.17, 15) is 9.59 Å². The van der Waals surface area contributed by atoms with E-state index in [1.165, 1.54) is 12.1 Å². The number of carboxylic acid groups (broad SMARTS) is 1. The van der Waals surface area contributed by atoms with Crippen molar-refractivity contribution in [2.45, 2.75) is 13.8 Å². The highest BCUT2D eigenvalue weighted by Gasteiger charge is 2.11. The van der Waals surface area contributed by atoms with Crippen LogP contribution in [0.1, 0.15) is 31.2 Å². The van der Waals surface area contributed by atoms with Gasteiger partial charge >= 0.3 is 5.97 Å². The predicted octanol–water partition coefficient (Wildman–Crippen LogP) is 2.87. The lowest BCUT2D eigenvalue weighted by molar-refractivity contribution is 0.0696. The molecule has 0 aliphatic heterocycles. The fraction of sp³-hybridized carbons (Fsp3) is 0.250. The van der Waals surface area contributed by atoms with Gasteiger partial charge in [-0.25, -0.2) is 4.79 Å². The molecule has 0 saturated carbocycles. The van der Waals surface area contributed by atoms with Gasteiger partial charge in [-0.15, -0.1) is 11.3 Å². The first-order valence-electron chi connectivity index (χ1n) is 6.78. The van der Waals surface area contributed by atoms with Crippen LogP contribution in [0.5, 0.6) is 5.75 Å². The number of amides is 1. The molecule has 0 saturated heterocycles. The molecule has 1 amide bonds. The molecule has 0 aliphatic carbocycles. The molecule has 6 heteroatoms. The molecule has 0 unspecified atom stereocenters. The number of ether oxygens (including phenoxy) is 1. The average molecular weight is 319 g/mol. The summed E-state index contributed by atoms with van der Waals surface area (Å²) in [6.45, 7) is 4.62. The first-order chi connectivity index (χ1) is 10.5. The molecule has 1 heterocycles. The summed E-state index contributed by atoms with van der Waals surface area (Å²) in [7, 11) is 0. The summed E-state index contributed by atoms with van der Waals surface area (Å²) >= 11 is 1.56. The molecule has 0 bridgehead atoms. The van der Waals surface area contributed by atoms with Crippen molar-refractivity contribution in [1.29, 1.82) is 0 Å². The van der Waals surface area contributed by atoms with Gasteiger partial charge in [-0.05, 0) is 43.7 Å². The zero-order valence-corrected chi connectivity index (χ0v) is 13.2. The van der Waals surface area contributed by atoms with Gasteiger partial charge in [0.25, 0.3) is 5.91 Å². The van der Waals surface area contributed by atoms with E-state index in [4.69, 9.17) is 9.84 Å². The van der Waals surface area contributed by atoms with Crippen molar-refractivity contribution >= 4 is 23.2 Å². The predicted molar refractivity (Wildman–Crippen MR) is 85.0 cm³/mol. The van der Waals surface area contributed by atoms with Crippen LogP contribution in [-0.2, 0) is 0 Å². The van der Waals surface area contributed by atoms with Crippen molar-refractivity contribution in [3.63, 3.8) is 0 Å².